The van der Waals surface area contributed by atoms with E-state index in [9.17, 15) is 15.3 Å². The normalized spacial score (nSPS) is 38.5. The van der Waals surface area contributed by atoms with Crippen molar-refractivity contribution in [3.05, 3.63) is 35.5 Å². The van der Waals surface area contributed by atoms with Crippen molar-refractivity contribution in [2.24, 2.45) is 35.0 Å². The molecular weight excluding hydrogens is 384 g/mol. The molecular formula is C28H46O3. The van der Waals surface area contributed by atoms with Gasteiger partial charge in [0.25, 0.3) is 0 Å². The van der Waals surface area contributed by atoms with Crippen molar-refractivity contribution in [1.29, 1.82) is 0 Å². The van der Waals surface area contributed by atoms with Gasteiger partial charge in [-0.05, 0) is 92.6 Å². The van der Waals surface area contributed by atoms with E-state index in [1.165, 1.54) is 31.3 Å². The van der Waals surface area contributed by atoms with Crippen LogP contribution in [0.4, 0.5) is 0 Å². The number of hydrogen-bond acceptors (Lipinski definition) is 3. The zero-order chi connectivity index (χ0) is 23.0. The third-order valence-electron chi connectivity index (χ3n) is 9.29. The molecule has 0 aromatic carbocycles. The van der Waals surface area contributed by atoms with Gasteiger partial charge in [-0.25, -0.2) is 0 Å². The molecule has 0 aliphatic heterocycles. The Balaban J connectivity index is 1.67. The van der Waals surface area contributed by atoms with Gasteiger partial charge in [-0.2, -0.15) is 0 Å². The molecule has 0 radical (unpaired) electrons. The second-order valence-electron chi connectivity index (χ2n) is 11.8. The fraction of sp³-hybridized carbons (Fsp3) is 0.786. The Morgan fingerprint density at radius 1 is 1.16 bits per heavy atom. The third kappa shape index (κ3) is 5.37. The summed E-state index contributed by atoms with van der Waals surface area (Å²) in [5.41, 5.74) is 2.26. The van der Waals surface area contributed by atoms with E-state index in [1.54, 1.807) is 0 Å². The maximum absolute atomic E-state index is 10.3. The molecule has 0 aromatic rings. The molecule has 3 nitrogen and oxygen atoms in total. The number of rotatable bonds is 7. The molecule has 176 valence electrons. The molecule has 31 heavy (non-hydrogen) atoms. The van der Waals surface area contributed by atoms with Crippen LogP contribution in [0.15, 0.2) is 35.5 Å². The van der Waals surface area contributed by atoms with Crippen LogP contribution in [0.5, 0.6) is 0 Å². The van der Waals surface area contributed by atoms with Crippen molar-refractivity contribution >= 4 is 0 Å². The van der Waals surface area contributed by atoms with Gasteiger partial charge in [-0.3, -0.25) is 0 Å². The van der Waals surface area contributed by atoms with Crippen LogP contribution in [0.25, 0.3) is 0 Å². The number of fused-ring (bicyclic) bond motifs is 1. The van der Waals surface area contributed by atoms with E-state index >= 15 is 0 Å². The highest BCUT2D eigenvalue weighted by atomic mass is 16.3. The lowest BCUT2D eigenvalue weighted by Crippen LogP contribution is -2.35. The van der Waals surface area contributed by atoms with Crippen LogP contribution >= 0.6 is 0 Å². The van der Waals surface area contributed by atoms with Crippen LogP contribution in [-0.2, 0) is 0 Å². The number of allylic oxidation sites excluding steroid dienone is 4. The van der Waals surface area contributed by atoms with Gasteiger partial charge in [0.15, 0.2) is 0 Å². The molecule has 1 saturated carbocycles. The Kier molecular flexibility index (Phi) is 7.61. The van der Waals surface area contributed by atoms with E-state index in [-0.39, 0.29) is 5.92 Å². The van der Waals surface area contributed by atoms with Gasteiger partial charge in [0.05, 0.1) is 17.8 Å². The zero-order valence-corrected chi connectivity index (χ0v) is 20.6. The summed E-state index contributed by atoms with van der Waals surface area (Å²) in [6.45, 7) is 12.9. The van der Waals surface area contributed by atoms with Gasteiger partial charge < -0.3 is 15.3 Å². The molecule has 0 amide bonds. The fourth-order valence-electron chi connectivity index (χ4n) is 6.47. The van der Waals surface area contributed by atoms with E-state index in [2.05, 4.69) is 39.0 Å². The first-order valence-corrected chi connectivity index (χ1v) is 12.6. The summed E-state index contributed by atoms with van der Waals surface area (Å²) < 4.78 is 0. The average Bonchev–Trinajstić information content (AvgIpc) is 3.05. The summed E-state index contributed by atoms with van der Waals surface area (Å²) in [7, 11) is 0. The second-order valence-corrected chi connectivity index (χ2v) is 11.8. The second kappa shape index (κ2) is 9.53. The fourth-order valence-corrected chi connectivity index (χ4v) is 6.47. The lowest BCUT2D eigenvalue weighted by molar-refractivity contribution is 0.0154. The maximum atomic E-state index is 10.3. The smallest absolute Gasteiger partial charge is 0.0776 e. The highest BCUT2D eigenvalue weighted by Gasteiger charge is 2.49. The van der Waals surface area contributed by atoms with Crippen molar-refractivity contribution in [1.82, 2.24) is 0 Å². The van der Waals surface area contributed by atoms with Gasteiger partial charge in [0.2, 0.25) is 0 Å². The minimum absolute atomic E-state index is 0.0921. The monoisotopic (exact) mass is 430 g/mol. The van der Waals surface area contributed by atoms with E-state index in [0.717, 1.165) is 24.3 Å². The Labute approximate surface area is 190 Å². The minimum Gasteiger partial charge on any atom is -0.392 e. The summed E-state index contributed by atoms with van der Waals surface area (Å²) >= 11 is 0. The summed E-state index contributed by atoms with van der Waals surface area (Å²) in [5.74, 6) is 2.25. The van der Waals surface area contributed by atoms with Gasteiger partial charge in [0, 0.05) is 5.92 Å². The van der Waals surface area contributed by atoms with Crippen LogP contribution in [0.2, 0.25) is 0 Å². The molecule has 1 fully saturated rings. The van der Waals surface area contributed by atoms with Crippen molar-refractivity contribution in [3.8, 4) is 0 Å². The molecule has 0 saturated heterocycles. The lowest BCUT2D eigenvalue weighted by atomic mass is 9.62. The molecule has 3 aliphatic carbocycles. The number of hydrogen-bond donors (Lipinski definition) is 3. The van der Waals surface area contributed by atoms with E-state index in [4.69, 9.17) is 0 Å². The topological polar surface area (TPSA) is 60.7 Å². The van der Waals surface area contributed by atoms with Crippen LogP contribution in [0, 0.1) is 35.0 Å². The molecule has 0 heterocycles. The first kappa shape index (κ1) is 24.7. The van der Waals surface area contributed by atoms with Gasteiger partial charge in [0.1, 0.15) is 0 Å². The molecule has 0 unspecified atom stereocenters. The Bertz CT molecular complexity index is 712. The molecule has 3 N–H and O–H groups in total. The highest BCUT2D eigenvalue weighted by molar-refractivity contribution is 5.35. The zero-order valence-electron chi connectivity index (χ0n) is 20.6. The first-order chi connectivity index (χ1) is 14.4. The summed E-state index contributed by atoms with van der Waals surface area (Å²) in [5, 5.41) is 30.7. The van der Waals surface area contributed by atoms with E-state index in [1.807, 2.05) is 26.8 Å². The predicted molar refractivity (Wildman–Crippen MR) is 129 cm³/mol. The summed E-state index contributed by atoms with van der Waals surface area (Å²) in [6, 6.07) is 0. The van der Waals surface area contributed by atoms with E-state index in [0.29, 0.717) is 29.6 Å². The third-order valence-corrected chi connectivity index (χ3v) is 9.29. The largest absolute Gasteiger partial charge is 0.392 e. The molecule has 3 aliphatic rings. The van der Waals surface area contributed by atoms with Crippen LogP contribution < -0.4 is 0 Å². The van der Waals surface area contributed by atoms with Crippen molar-refractivity contribution in [2.75, 3.05) is 0 Å². The summed E-state index contributed by atoms with van der Waals surface area (Å²) in [4.78, 5) is 0. The van der Waals surface area contributed by atoms with Crippen LogP contribution in [0.3, 0.4) is 0 Å². The average molecular weight is 431 g/mol. The van der Waals surface area contributed by atoms with Gasteiger partial charge in [-0.1, -0.05) is 58.4 Å². The quantitative estimate of drug-likeness (QED) is 0.478. The molecule has 3 rings (SSSR count). The number of aliphatic hydroxyl groups is 3. The molecule has 8 atom stereocenters. The Morgan fingerprint density at radius 3 is 2.52 bits per heavy atom. The van der Waals surface area contributed by atoms with Gasteiger partial charge in [-0.15, -0.1) is 0 Å². The van der Waals surface area contributed by atoms with Crippen molar-refractivity contribution in [3.63, 3.8) is 0 Å². The SMILES string of the molecule is C[C@@H]1[C@H](O)C=C(/C=C/C2=CCC[C@@]3(C)[C@@H]2CC[C@@H]3[C@H](C)CC[C@H](C)C(C)(C)O)C[C@H]1O. The minimum atomic E-state index is -0.597. The maximum Gasteiger partial charge on any atom is 0.0776 e. The Morgan fingerprint density at radius 2 is 1.87 bits per heavy atom. The molecule has 0 bridgehead atoms. The molecule has 3 heteroatoms. The van der Waals surface area contributed by atoms with E-state index < -0.39 is 17.8 Å². The van der Waals surface area contributed by atoms with Gasteiger partial charge >= 0.3 is 0 Å². The summed E-state index contributed by atoms with van der Waals surface area (Å²) in [6.07, 6.45) is 15.6. The van der Waals surface area contributed by atoms with Crippen LogP contribution in [-0.4, -0.2) is 33.1 Å². The standard InChI is InChI=1S/C28H46O3/c1-18(9-10-19(2)27(4,5)31)23-13-14-24-22(8-7-15-28(23,24)6)12-11-21-16-25(29)20(3)26(30)17-21/h8,11-12,16,18-20,23-26,29-31H,7,9-10,13-15,17H2,1-6H3/b12-11+/t18-,19+,20-,23-,24-,25-,26-,28-/m1/s1. The molecule has 0 spiro atoms. The van der Waals surface area contributed by atoms with Crippen LogP contribution in [0.1, 0.15) is 86.5 Å². The van der Waals surface area contributed by atoms with Crippen molar-refractivity contribution in [2.45, 2.75) is 104 Å². The lowest BCUT2D eigenvalue weighted by Gasteiger charge is -2.43. The molecule has 0 aromatic heterocycles. The number of aliphatic hydroxyl groups excluding tert-OH is 2. The highest BCUT2D eigenvalue weighted by Crippen LogP contribution is 2.59. The first-order valence-electron chi connectivity index (χ1n) is 12.6. The predicted octanol–water partition coefficient (Wildman–Crippen LogP) is 5.81. The van der Waals surface area contributed by atoms with Crippen molar-refractivity contribution < 1.29 is 15.3 Å². The Hall–Kier alpha value is -0.900.